The second kappa shape index (κ2) is 4.39. The third-order valence-electron chi connectivity index (χ3n) is 2.96. The second-order valence-corrected chi connectivity index (χ2v) is 4.08. The largest absolute Gasteiger partial charge is 0.507 e. The first-order chi connectivity index (χ1) is 7.68. The van der Waals surface area contributed by atoms with Gasteiger partial charge in [0.25, 0.3) is 0 Å². The van der Waals surface area contributed by atoms with Gasteiger partial charge in [-0.3, -0.25) is 4.79 Å². The fraction of sp³-hybridized carbons (Fsp3) is 0.308. The number of benzene rings is 1. The highest BCUT2D eigenvalue weighted by molar-refractivity contribution is 5.90. The molecule has 0 aliphatic heterocycles. The number of nitrogens with two attached hydrogens (primary N) is 1. The maximum Gasteiger partial charge on any atom is 0.241 e. The summed E-state index contributed by atoms with van der Waals surface area (Å²) in [7, 11) is 0. The molecular formula is C13H15NO2. The smallest absolute Gasteiger partial charge is 0.241 e. The van der Waals surface area contributed by atoms with Crippen LogP contribution in [0, 0.1) is 0 Å². The first kappa shape index (κ1) is 10.7. The average Bonchev–Trinajstić information content (AvgIpc) is 2.28. The number of hydrogen-bond acceptors (Lipinski definition) is 2. The summed E-state index contributed by atoms with van der Waals surface area (Å²) in [5.41, 5.74) is 7.93. The molecule has 0 saturated heterocycles. The van der Waals surface area contributed by atoms with Gasteiger partial charge in [-0.25, -0.2) is 0 Å². The van der Waals surface area contributed by atoms with Crippen molar-refractivity contribution in [3.05, 3.63) is 34.9 Å². The van der Waals surface area contributed by atoms with E-state index in [4.69, 9.17) is 5.73 Å². The maximum atomic E-state index is 10.6. The second-order valence-electron chi connectivity index (χ2n) is 4.08. The molecule has 0 heterocycles. The van der Waals surface area contributed by atoms with Crippen molar-refractivity contribution in [3.63, 3.8) is 0 Å². The predicted molar refractivity (Wildman–Crippen MR) is 63.0 cm³/mol. The van der Waals surface area contributed by atoms with E-state index in [1.165, 1.54) is 18.1 Å². The third-order valence-corrected chi connectivity index (χ3v) is 2.96. The summed E-state index contributed by atoms with van der Waals surface area (Å²) in [6.45, 7) is 0. The molecule has 3 heteroatoms. The number of rotatable bonds is 2. The van der Waals surface area contributed by atoms with Crippen LogP contribution in [-0.2, 0) is 17.6 Å². The van der Waals surface area contributed by atoms with Crippen molar-refractivity contribution in [2.75, 3.05) is 0 Å². The van der Waals surface area contributed by atoms with Gasteiger partial charge in [0.05, 0.1) is 0 Å². The van der Waals surface area contributed by atoms with E-state index < -0.39 is 5.91 Å². The average molecular weight is 217 g/mol. The van der Waals surface area contributed by atoms with Crippen LogP contribution in [0.2, 0.25) is 0 Å². The Bertz CT molecular complexity index is 449. The van der Waals surface area contributed by atoms with Crippen LogP contribution in [0.25, 0.3) is 6.08 Å². The van der Waals surface area contributed by atoms with Crippen molar-refractivity contribution in [1.82, 2.24) is 0 Å². The highest BCUT2D eigenvalue weighted by Crippen LogP contribution is 2.32. The van der Waals surface area contributed by atoms with E-state index in [1.807, 2.05) is 12.1 Å². The first-order valence-corrected chi connectivity index (χ1v) is 5.49. The van der Waals surface area contributed by atoms with Crippen LogP contribution < -0.4 is 5.73 Å². The summed E-state index contributed by atoms with van der Waals surface area (Å²) < 4.78 is 0. The van der Waals surface area contributed by atoms with Gasteiger partial charge in [-0.15, -0.1) is 0 Å². The Kier molecular flexibility index (Phi) is 2.95. The number of phenolic OH excluding ortho intramolecular Hbond substituents is 1. The standard InChI is InChI=1S/C13H15NO2/c14-12(15)8-7-10-6-5-9-3-1-2-4-11(9)13(10)16/h5-8,16H,1-4H2,(H2,14,15). The molecule has 0 aromatic heterocycles. The molecule has 0 spiro atoms. The molecule has 84 valence electrons. The summed E-state index contributed by atoms with van der Waals surface area (Å²) in [6, 6.07) is 3.85. The predicted octanol–water partition coefficient (Wildman–Crippen LogP) is 1.77. The van der Waals surface area contributed by atoms with E-state index in [0.29, 0.717) is 11.3 Å². The van der Waals surface area contributed by atoms with Crippen molar-refractivity contribution >= 4 is 12.0 Å². The number of fused-ring (bicyclic) bond motifs is 1. The molecular weight excluding hydrogens is 202 g/mol. The summed E-state index contributed by atoms with van der Waals surface area (Å²) in [5.74, 6) is -0.202. The molecule has 3 N–H and O–H groups in total. The molecule has 3 nitrogen and oxygen atoms in total. The van der Waals surface area contributed by atoms with Crippen molar-refractivity contribution in [1.29, 1.82) is 0 Å². The molecule has 0 saturated carbocycles. The topological polar surface area (TPSA) is 63.3 Å². The Morgan fingerprint density at radius 3 is 2.81 bits per heavy atom. The number of hydrogen-bond donors (Lipinski definition) is 2. The number of carbonyl (C=O) groups excluding carboxylic acids is 1. The Labute approximate surface area is 94.6 Å². The van der Waals surface area contributed by atoms with Crippen LogP contribution in [0.4, 0.5) is 0 Å². The number of aryl methyl sites for hydroxylation is 1. The number of phenols is 1. The monoisotopic (exact) mass is 217 g/mol. The fourth-order valence-corrected chi connectivity index (χ4v) is 2.13. The minimum absolute atomic E-state index is 0.301. The van der Waals surface area contributed by atoms with Gasteiger partial charge in [0.1, 0.15) is 5.75 Å². The molecule has 0 atom stereocenters. The molecule has 1 aliphatic rings. The first-order valence-electron chi connectivity index (χ1n) is 5.49. The van der Waals surface area contributed by atoms with Gasteiger partial charge < -0.3 is 10.8 Å². The molecule has 1 aromatic rings. The molecule has 16 heavy (non-hydrogen) atoms. The van der Waals surface area contributed by atoms with E-state index in [-0.39, 0.29) is 0 Å². The van der Waals surface area contributed by atoms with E-state index in [0.717, 1.165) is 24.8 Å². The molecule has 2 rings (SSSR count). The van der Waals surface area contributed by atoms with Gasteiger partial charge in [-0.2, -0.15) is 0 Å². The van der Waals surface area contributed by atoms with Crippen LogP contribution in [0.1, 0.15) is 29.5 Å². The molecule has 1 aromatic carbocycles. The Balaban J connectivity index is 2.38. The van der Waals surface area contributed by atoms with Gasteiger partial charge in [0.2, 0.25) is 5.91 Å². The highest BCUT2D eigenvalue weighted by atomic mass is 16.3. The molecule has 1 amide bonds. The lowest BCUT2D eigenvalue weighted by molar-refractivity contribution is -0.113. The Hall–Kier alpha value is -1.77. The maximum absolute atomic E-state index is 10.6. The van der Waals surface area contributed by atoms with Crippen molar-refractivity contribution in [2.24, 2.45) is 5.73 Å². The fourth-order valence-electron chi connectivity index (χ4n) is 2.13. The van der Waals surface area contributed by atoms with E-state index in [1.54, 1.807) is 6.08 Å². The quantitative estimate of drug-likeness (QED) is 0.741. The van der Waals surface area contributed by atoms with Gasteiger partial charge in [0, 0.05) is 11.6 Å². The summed E-state index contributed by atoms with van der Waals surface area (Å²) >= 11 is 0. The lowest BCUT2D eigenvalue weighted by Gasteiger charge is -2.17. The van der Waals surface area contributed by atoms with Crippen molar-refractivity contribution in [2.45, 2.75) is 25.7 Å². The van der Waals surface area contributed by atoms with Crippen LogP contribution >= 0.6 is 0 Å². The summed E-state index contributed by atoms with van der Waals surface area (Å²) in [5, 5.41) is 10.0. The van der Waals surface area contributed by atoms with Gasteiger partial charge in [-0.1, -0.05) is 12.1 Å². The minimum Gasteiger partial charge on any atom is -0.507 e. The highest BCUT2D eigenvalue weighted by Gasteiger charge is 2.14. The number of primary amides is 1. The van der Waals surface area contributed by atoms with Crippen LogP contribution in [0.3, 0.4) is 0 Å². The number of carbonyl (C=O) groups is 1. The normalized spacial score (nSPS) is 15.0. The van der Waals surface area contributed by atoms with Crippen molar-refractivity contribution in [3.8, 4) is 5.75 Å². The summed E-state index contributed by atoms with van der Waals surface area (Å²) in [6.07, 6.45) is 7.07. The van der Waals surface area contributed by atoms with E-state index >= 15 is 0 Å². The lowest BCUT2D eigenvalue weighted by atomic mass is 9.89. The summed E-state index contributed by atoms with van der Waals surface area (Å²) in [4.78, 5) is 10.6. The van der Waals surface area contributed by atoms with E-state index in [9.17, 15) is 9.90 Å². The van der Waals surface area contributed by atoms with Crippen LogP contribution in [-0.4, -0.2) is 11.0 Å². The SMILES string of the molecule is NC(=O)C=Cc1ccc2c(c1O)CCCC2. The van der Waals surface area contributed by atoms with Gasteiger partial charge >= 0.3 is 0 Å². The van der Waals surface area contributed by atoms with E-state index in [2.05, 4.69) is 0 Å². The van der Waals surface area contributed by atoms with Gasteiger partial charge in [-0.05, 0) is 42.9 Å². The molecule has 0 fully saturated rings. The molecule has 1 aliphatic carbocycles. The molecule has 0 unspecified atom stereocenters. The number of amides is 1. The molecule has 0 radical (unpaired) electrons. The minimum atomic E-state index is -0.503. The molecule has 0 bridgehead atoms. The Morgan fingerprint density at radius 1 is 1.31 bits per heavy atom. The zero-order chi connectivity index (χ0) is 11.5. The zero-order valence-corrected chi connectivity index (χ0v) is 9.07. The third kappa shape index (κ3) is 2.08. The van der Waals surface area contributed by atoms with Crippen LogP contribution in [0.5, 0.6) is 5.75 Å². The van der Waals surface area contributed by atoms with Gasteiger partial charge in [0.15, 0.2) is 0 Å². The van der Waals surface area contributed by atoms with Crippen LogP contribution in [0.15, 0.2) is 18.2 Å². The van der Waals surface area contributed by atoms with Crippen molar-refractivity contribution < 1.29 is 9.90 Å². The zero-order valence-electron chi connectivity index (χ0n) is 9.07. The Morgan fingerprint density at radius 2 is 2.06 bits per heavy atom. The lowest BCUT2D eigenvalue weighted by Crippen LogP contribution is -2.06. The number of aromatic hydroxyl groups is 1.